The van der Waals surface area contributed by atoms with E-state index in [0.29, 0.717) is 17.9 Å². The molecular weight excluding hydrogens is 332 g/mol. The maximum absolute atomic E-state index is 12.2. The van der Waals surface area contributed by atoms with Crippen molar-refractivity contribution in [3.8, 4) is 0 Å². The zero-order valence-corrected chi connectivity index (χ0v) is 12.8. The molecule has 0 saturated carbocycles. The first-order chi connectivity index (χ1) is 9.01. The van der Waals surface area contributed by atoms with Crippen molar-refractivity contribution in [1.82, 2.24) is 14.8 Å². The number of nitrogens with one attached hydrogen (secondary N) is 1. The van der Waals surface area contributed by atoms with E-state index in [1.165, 1.54) is 0 Å². The highest BCUT2D eigenvalue weighted by Crippen LogP contribution is 2.23. The van der Waals surface area contributed by atoms with Gasteiger partial charge in [-0.05, 0) is 41.9 Å². The van der Waals surface area contributed by atoms with Gasteiger partial charge in [-0.1, -0.05) is 11.6 Å². The van der Waals surface area contributed by atoms with Crippen LogP contribution >= 0.6 is 27.5 Å². The van der Waals surface area contributed by atoms with Gasteiger partial charge in [-0.2, -0.15) is 5.10 Å². The molecular formula is C12H12BrClN4O. The predicted molar refractivity (Wildman–Crippen MR) is 77.5 cm³/mol. The van der Waals surface area contributed by atoms with E-state index >= 15 is 0 Å². The molecule has 0 spiro atoms. The Balaban J connectivity index is 2.27. The fourth-order valence-electron chi connectivity index (χ4n) is 1.67. The summed E-state index contributed by atoms with van der Waals surface area (Å²) in [6.45, 7) is 4.40. The second-order valence-electron chi connectivity index (χ2n) is 3.93. The minimum Gasteiger partial charge on any atom is -0.318 e. The maximum Gasteiger partial charge on any atom is 0.274 e. The lowest BCUT2D eigenvalue weighted by atomic mass is 10.3. The molecule has 0 aliphatic rings. The van der Waals surface area contributed by atoms with Gasteiger partial charge >= 0.3 is 0 Å². The number of amides is 1. The largest absolute Gasteiger partial charge is 0.318 e. The Hall–Kier alpha value is -1.40. The van der Waals surface area contributed by atoms with E-state index in [9.17, 15) is 4.79 Å². The van der Waals surface area contributed by atoms with Gasteiger partial charge in [0.25, 0.3) is 5.91 Å². The number of halogens is 2. The number of pyridine rings is 1. The van der Waals surface area contributed by atoms with Gasteiger partial charge in [-0.3, -0.25) is 9.48 Å². The van der Waals surface area contributed by atoms with Gasteiger partial charge in [0, 0.05) is 17.2 Å². The lowest BCUT2D eigenvalue weighted by molar-refractivity contribution is 0.101. The van der Waals surface area contributed by atoms with Gasteiger partial charge in [-0.15, -0.1) is 0 Å². The summed E-state index contributed by atoms with van der Waals surface area (Å²) in [6.07, 6.45) is 1.57. The van der Waals surface area contributed by atoms with Gasteiger partial charge in [0.05, 0.1) is 11.4 Å². The van der Waals surface area contributed by atoms with Crippen molar-refractivity contribution in [2.24, 2.45) is 0 Å². The van der Waals surface area contributed by atoms with Crippen LogP contribution in [-0.2, 0) is 6.54 Å². The molecule has 0 fully saturated rings. The molecule has 0 bridgehead atoms. The van der Waals surface area contributed by atoms with Crippen LogP contribution in [0, 0.1) is 6.92 Å². The quantitative estimate of drug-likeness (QED) is 0.870. The van der Waals surface area contributed by atoms with Crippen LogP contribution in [0.5, 0.6) is 0 Å². The number of carbonyl (C=O) groups excluding carboxylic acids is 1. The van der Waals surface area contributed by atoms with E-state index < -0.39 is 0 Å². The van der Waals surface area contributed by atoms with Crippen molar-refractivity contribution in [3.63, 3.8) is 0 Å². The minimum atomic E-state index is -0.260. The van der Waals surface area contributed by atoms with Crippen LogP contribution in [0.15, 0.2) is 22.8 Å². The van der Waals surface area contributed by atoms with Crippen molar-refractivity contribution >= 4 is 39.1 Å². The van der Waals surface area contributed by atoms with Crippen molar-refractivity contribution in [1.29, 1.82) is 0 Å². The van der Waals surface area contributed by atoms with Crippen LogP contribution in [0.4, 0.5) is 5.69 Å². The first-order valence-electron chi connectivity index (χ1n) is 5.68. The second kappa shape index (κ2) is 5.71. The third-order valence-corrected chi connectivity index (χ3v) is 3.22. The smallest absolute Gasteiger partial charge is 0.274 e. The van der Waals surface area contributed by atoms with Crippen LogP contribution in [0.1, 0.15) is 23.1 Å². The predicted octanol–water partition coefficient (Wildman–Crippen LogP) is 3.27. The number of anilines is 1. The number of nitrogens with zero attached hydrogens (tertiary/aromatic N) is 3. The molecule has 5 nitrogen and oxygen atoms in total. The van der Waals surface area contributed by atoms with E-state index in [1.54, 1.807) is 23.0 Å². The fourth-order valence-corrected chi connectivity index (χ4v) is 2.15. The van der Waals surface area contributed by atoms with Crippen LogP contribution in [0.3, 0.4) is 0 Å². The monoisotopic (exact) mass is 342 g/mol. The molecule has 1 amide bonds. The summed E-state index contributed by atoms with van der Waals surface area (Å²) >= 11 is 9.22. The molecule has 2 aromatic rings. The molecule has 0 atom stereocenters. The summed E-state index contributed by atoms with van der Waals surface area (Å²) in [5.41, 5.74) is 1.75. The first kappa shape index (κ1) is 14.0. The number of carbonyl (C=O) groups is 1. The normalized spacial score (nSPS) is 10.5. The summed E-state index contributed by atoms with van der Waals surface area (Å²) in [6, 6.07) is 3.44. The molecule has 2 aromatic heterocycles. The zero-order valence-electron chi connectivity index (χ0n) is 10.4. The van der Waals surface area contributed by atoms with E-state index in [0.717, 1.165) is 10.2 Å². The third kappa shape index (κ3) is 3.13. The van der Waals surface area contributed by atoms with Gasteiger partial charge in [-0.25, -0.2) is 4.98 Å². The lowest BCUT2D eigenvalue weighted by Gasteiger charge is -2.08. The molecule has 7 heteroatoms. The summed E-state index contributed by atoms with van der Waals surface area (Å²) in [7, 11) is 0. The van der Waals surface area contributed by atoms with E-state index in [1.807, 2.05) is 13.8 Å². The second-order valence-corrected chi connectivity index (χ2v) is 5.21. The maximum atomic E-state index is 12.2. The minimum absolute atomic E-state index is 0.246. The summed E-state index contributed by atoms with van der Waals surface area (Å²) < 4.78 is 2.39. The van der Waals surface area contributed by atoms with Crippen molar-refractivity contribution in [2.75, 3.05) is 5.32 Å². The molecule has 2 heterocycles. The zero-order chi connectivity index (χ0) is 14.0. The average Bonchev–Trinajstić information content (AvgIpc) is 2.75. The van der Waals surface area contributed by atoms with Crippen LogP contribution in [0.2, 0.25) is 5.15 Å². The Labute approximate surface area is 124 Å². The van der Waals surface area contributed by atoms with Crippen LogP contribution < -0.4 is 5.32 Å². The molecule has 100 valence electrons. The topological polar surface area (TPSA) is 59.8 Å². The molecule has 1 N–H and O–H groups in total. The van der Waals surface area contributed by atoms with E-state index in [2.05, 4.69) is 31.3 Å². The van der Waals surface area contributed by atoms with Crippen molar-refractivity contribution < 1.29 is 4.79 Å². The number of hydrogen-bond donors (Lipinski definition) is 1. The van der Waals surface area contributed by atoms with Crippen LogP contribution in [-0.4, -0.2) is 20.7 Å². The number of aromatic nitrogens is 3. The summed E-state index contributed by atoms with van der Waals surface area (Å²) in [5.74, 6) is -0.260. The highest BCUT2D eigenvalue weighted by Gasteiger charge is 2.15. The number of hydrogen-bond acceptors (Lipinski definition) is 3. The molecule has 0 aromatic carbocycles. The third-order valence-electron chi connectivity index (χ3n) is 2.49. The molecule has 19 heavy (non-hydrogen) atoms. The van der Waals surface area contributed by atoms with Gasteiger partial charge in [0.2, 0.25) is 0 Å². The number of aryl methyl sites for hydroxylation is 2. The molecule has 0 unspecified atom stereocenters. The Morgan fingerprint density at radius 3 is 2.95 bits per heavy atom. The number of rotatable bonds is 3. The highest BCUT2D eigenvalue weighted by molar-refractivity contribution is 9.10. The average molecular weight is 344 g/mol. The van der Waals surface area contributed by atoms with Gasteiger partial charge in [0.1, 0.15) is 5.69 Å². The SMILES string of the molecule is CCn1nc(C)cc1C(=O)Nc1cc(Br)cnc1Cl. The van der Waals surface area contributed by atoms with E-state index in [4.69, 9.17) is 11.6 Å². The summed E-state index contributed by atoms with van der Waals surface area (Å²) in [4.78, 5) is 16.2. The molecule has 0 radical (unpaired) electrons. The highest BCUT2D eigenvalue weighted by atomic mass is 79.9. The molecule has 2 rings (SSSR count). The standard InChI is InChI=1S/C12H12BrClN4O/c1-3-18-10(4-7(2)17-18)12(19)16-9-5-8(13)6-15-11(9)14/h4-6H,3H2,1-2H3,(H,16,19). The Morgan fingerprint density at radius 1 is 1.53 bits per heavy atom. The van der Waals surface area contributed by atoms with Crippen molar-refractivity contribution in [2.45, 2.75) is 20.4 Å². The Kier molecular flexibility index (Phi) is 4.21. The van der Waals surface area contributed by atoms with Crippen LogP contribution in [0.25, 0.3) is 0 Å². The Morgan fingerprint density at radius 2 is 2.26 bits per heavy atom. The van der Waals surface area contributed by atoms with E-state index in [-0.39, 0.29) is 11.1 Å². The summed E-state index contributed by atoms with van der Waals surface area (Å²) in [5, 5.41) is 7.21. The molecule has 0 aliphatic carbocycles. The molecule has 0 saturated heterocycles. The van der Waals surface area contributed by atoms with Gasteiger partial charge < -0.3 is 5.32 Å². The fraction of sp³-hybridized carbons (Fsp3) is 0.250. The Bertz CT molecular complexity index is 626. The lowest BCUT2D eigenvalue weighted by Crippen LogP contribution is -2.17. The first-order valence-corrected chi connectivity index (χ1v) is 6.85. The molecule has 0 aliphatic heterocycles. The van der Waals surface area contributed by atoms with Crippen molar-refractivity contribution in [3.05, 3.63) is 39.3 Å². The van der Waals surface area contributed by atoms with Gasteiger partial charge in [0.15, 0.2) is 5.15 Å².